The first kappa shape index (κ1) is 13.1. The van der Waals surface area contributed by atoms with E-state index in [9.17, 15) is 9.18 Å². The second-order valence-electron chi connectivity index (χ2n) is 4.72. The van der Waals surface area contributed by atoms with Gasteiger partial charge in [0.05, 0.1) is 5.69 Å². The van der Waals surface area contributed by atoms with Crippen LogP contribution in [-0.4, -0.2) is 5.91 Å². The van der Waals surface area contributed by atoms with Gasteiger partial charge in [0.1, 0.15) is 5.82 Å². The molecular formula is C17H13FN2O. The summed E-state index contributed by atoms with van der Waals surface area (Å²) >= 11 is 0. The Bertz CT molecular complexity index is 825. The monoisotopic (exact) mass is 280 g/mol. The van der Waals surface area contributed by atoms with E-state index in [1.54, 1.807) is 0 Å². The number of anilines is 2. The quantitative estimate of drug-likeness (QED) is 0.701. The molecule has 21 heavy (non-hydrogen) atoms. The average molecular weight is 280 g/mol. The zero-order valence-electron chi connectivity index (χ0n) is 11.1. The Morgan fingerprint density at radius 2 is 1.76 bits per heavy atom. The lowest BCUT2D eigenvalue weighted by atomic mass is 10.1. The lowest BCUT2D eigenvalue weighted by Gasteiger charge is -2.09. The molecule has 0 unspecified atom stereocenters. The maximum absolute atomic E-state index is 13.4. The summed E-state index contributed by atoms with van der Waals surface area (Å²) in [5.41, 5.74) is 6.36. The summed E-state index contributed by atoms with van der Waals surface area (Å²) < 4.78 is 13.4. The number of hydrogen-bond donors (Lipinski definition) is 2. The summed E-state index contributed by atoms with van der Waals surface area (Å²) in [6, 6.07) is 17.4. The van der Waals surface area contributed by atoms with Crippen molar-refractivity contribution in [2.75, 3.05) is 11.1 Å². The number of hydrogen-bond acceptors (Lipinski definition) is 2. The molecule has 0 aromatic heterocycles. The van der Waals surface area contributed by atoms with Crippen molar-refractivity contribution in [2.45, 2.75) is 0 Å². The normalized spacial score (nSPS) is 10.5. The van der Waals surface area contributed by atoms with Crippen LogP contribution in [0.5, 0.6) is 0 Å². The van der Waals surface area contributed by atoms with Gasteiger partial charge in [0.15, 0.2) is 0 Å². The van der Waals surface area contributed by atoms with E-state index in [1.807, 2.05) is 42.5 Å². The zero-order chi connectivity index (χ0) is 14.8. The fourth-order valence-electron chi connectivity index (χ4n) is 2.20. The Morgan fingerprint density at radius 1 is 1.00 bits per heavy atom. The first-order chi connectivity index (χ1) is 10.1. The van der Waals surface area contributed by atoms with Crippen LogP contribution >= 0.6 is 0 Å². The van der Waals surface area contributed by atoms with E-state index < -0.39 is 5.82 Å². The fraction of sp³-hybridized carbons (Fsp3) is 0. The minimum absolute atomic E-state index is 0.0247. The van der Waals surface area contributed by atoms with Crippen molar-refractivity contribution in [3.05, 3.63) is 72.0 Å². The predicted octanol–water partition coefficient (Wildman–Crippen LogP) is 3.81. The average Bonchev–Trinajstić information content (AvgIpc) is 2.50. The number of amides is 1. The molecule has 0 aliphatic rings. The smallest absolute Gasteiger partial charge is 0.255 e. The van der Waals surface area contributed by atoms with Crippen LogP contribution in [0.3, 0.4) is 0 Å². The van der Waals surface area contributed by atoms with E-state index in [4.69, 9.17) is 5.73 Å². The predicted molar refractivity (Wildman–Crippen MR) is 82.7 cm³/mol. The van der Waals surface area contributed by atoms with E-state index in [2.05, 4.69) is 5.32 Å². The molecule has 0 heterocycles. The number of rotatable bonds is 2. The molecule has 0 bridgehead atoms. The van der Waals surface area contributed by atoms with E-state index in [-0.39, 0.29) is 17.2 Å². The summed E-state index contributed by atoms with van der Waals surface area (Å²) in [6.45, 7) is 0. The van der Waals surface area contributed by atoms with Crippen molar-refractivity contribution in [3.63, 3.8) is 0 Å². The van der Waals surface area contributed by atoms with Gasteiger partial charge in [-0.05, 0) is 29.7 Å². The third kappa shape index (κ3) is 2.56. The number of carbonyl (C=O) groups excluding carboxylic acids is 1. The molecule has 3 aromatic carbocycles. The number of nitrogens with one attached hydrogen (secondary N) is 1. The van der Waals surface area contributed by atoms with Crippen LogP contribution in [0.1, 0.15) is 10.4 Å². The lowest BCUT2D eigenvalue weighted by molar-refractivity contribution is 0.102. The summed E-state index contributed by atoms with van der Waals surface area (Å²) in [5.74, 6) is -0.967. The summed E-state index contributed by atoms with van der Waals surface area (Å²) in [6.07, 6.45) is 0. The highest BCUT2D eigenvalue weighted by atomic mass is 19.1. The van der Waals surface area contributed by atoms with Crippen LogP contribution in [-0.2, 0) is 0 Å². The van der Waals surface area contributed by atoms with Gasteiger partial charge < -0.3 is 11.1 Å². The standard InChI is InChI=1S/C17H13FN2O/c18-14-10-12(8-9-15(14)19)17(21)20-16-7-3-5-11-4-1-2-6-13(11)16/h1-10H,19H2,(H,20,21). The van der Waals surface area contributed by atoms with E-state index in [0.717, 1.165) is 16.8 Å². The number of nitrogen functional groups attached to an aromatic ring is 1. The Kier molecular flexibility index (Phi) is 3.28. The molecule has 104 valence electrons. The Hall–Kier alpha value is -2.88. The van der Waals surface area contributed by atoms with E-state index >= 15 is 0 Å². The Labute approximate surface area is 121 Å². The molecule has 0 saturated heterocycles. The van der Waals surface area contributed by atoms with Crippen LogP contribution in [0, 0.1) is 5.82 Å². The molecule has 0 saturated carbocycles. The second kappa shape index (κ2) is 5.25. The van der Waals surface area contributed by atoms with Crippen LogP contribution in [0.25, 0.3) is 10.8 Å². The molecule has 3 aromatic rings. The van der Waals surface area contributed by atoms with E-state index in [0.29, 0.717) is 5.69 Å². The van der Waals surface area contributed by atoms with Gasteiger partial charge in [-0.2, -0.15) is 0 Å². The van der Waals surface area contributed by atoms with Gasteiger partial charge in [-0.3, -0.25) is 4.79 Å². The van der Waals surface area contributed by atoms with Crippen LogP contribution in [0.2, 0.25) is 0 Å². The van der Waals surface area contributed by atoms with E-state index in [1.165, 1.54) is 12.1 Å². The first-order valence-corrected chi connectivity index (χ1v) is 6.49. The molecule has 3 nitrogen and oxygen atoms in total. The molecule has 0 spiro atoms. The second-order valence-corrected chi connectivity index (χ2v) is 4.72. The Balaban J connectivity index is 1.94. The van der Waals surface area contributed by atoms with Crippen molar-refractivity contribution < 1.29 is 9.18 Å². The third-order valence-electron chi connectivity index (χ3n) is 3.30. The highest BCUT2D eigenvalue weighted by molar-refractivity contribution is 6.09. The van der Waals surface area contributed by atoms with Gasteiger partial charge in [0, 0.05) is 16.6 Å². The molecule has 0 aliphatic carbocycles. The SMILES string of the molecule is Nc1ccc(C(=O)Nc2cccc3ccccc23)cc1F. The number of fused-ring (bicyclic) bond motifs is 1. The number of nitrogens with two attached hydrogens (primary N) is 1. The van der Waals surface area contributed by atoms with Crippen molar-refractivity contribution in [1.29, 1.82) is 0 Å². The van der Waals surface area contributed by atoms with Crippen LogP contribution in [0.15, 0.2) is 60.7 Å². The minimum atomic E-state index is -0.597. The third-order valence-corrected chi connectivity index (χ3v) is 3.30. The molecule has 0 atom stereocenters. The number of halogens is 1. The maximum atomic E-state index is 13.4. The zero-order valence-corrected chi connectivity index (χ0v) is 11.1. The van der Waals surface area contributed by atoms with Crippen LogP contribution < -0.4 is 11.1 Å². The van der Waals surface area contributed by atoms with Gasteiger partial charge in [-0.25, -0.2) is 4.39 Å². The summed E-state index contributed by atoms with van der Waals surface area (Å²) in [4.78, 5) is 12.2. The van der Waals surface area contributed by atoms with Crippen LogP contribution in [0.4, 0.5) is 15.8 Å². The van der Waals surface area contributed by atoms with Gasteiger partial charge >= 0.3 is 0 Å². The largest absolute Gasteiger partial charge is 0.396 e. The van der Waals surface area contributed by atoms with Crippen molar-refractivity contribution >= 4 is 28.1 Å². The molecule has 0 fully saturated rings. The maximum Gasteiger partial charge on any atom is 0.255 e. The van der Waals surface area contributed by atoms with Crippen molar-refractivity contribution in [2.24, 2.45) is 0 Å². The molecule has 4 heteroatoms. The van der Waals surface area contributed by atoms with Gasteiger partial charge in [-0.1, -0.05) is 36.4 Å². The van der Waals surface area contributed by atoms with Gasteiger partial charge in [-0.15, -0.1) is 0 Å². The first-order valence-electron chi connectivity index (χ1n) is 6.49. The molecule has 3 rings (SSSR count). The number of benzene rings is 3. The molecule has 0 radical (unpaired) electrons. The number of carbonyl (C=O) groups is 1. The lowest BCUT2D eigenvalue weighted by Crippen LogP contribution is -2.12. The molecule has 1 amide bonds. The van der Waals surface area contributed by atoms with Gasteiger partial charge in [0.25, 0.3) is 5.91 Å². The molecular weight excluding hydrogens is 267 g/mol. The van der Waals surface area contributed by atoms with Crippen molar-refractivity contribution in [3.8, 4) is 0 Å². The molecule has 0 aliphatic heterocycles. The fourth-order valence-corrected chi connectivity index (χ4v) is 2.20. The van der Waals surface area contributed by atoms with Gasteiger partial charge in [0.2, 0.25) is 0 Å². The topological polar surface area (TPSA) is 55.1 Å². The highest BCUT2D eigenvalue weighted by Crippen LogP contribution is 2.23. The highest BCUT2D eigenvalue weighted by Gasteiger charge is 2.10. The molecule has 3 N–H and O–H groups in total. The minimum Gasteiger partial charge on any atom is -0.396 e. The summed E-state index contributed by atoms with van der Waals surface area (Å²) in [5, 5.41) is 4.76. The Morgan fingerprint density at radius 3 is 2.57 bits per heavy atom. The summed E-state index contributed by atoms with van der Waals surface area (Å²) in [7, 11) is 0. The van der Waals surface area contributed by atoms with Crippen molar-refractivity contribution in [1.82, 2.24) is 0 Å².